The quantitative estimate of drug-likeness (QED) is 0.572. The van der Waals surface area contributed by atoms with Gasteiger partial charge in [-0.2, -0.15) is 0 Å². The molecule has 1 saturated carbocycles. The van der Waals surface area contributed by atoms with Crippen molar-refractivity contribution >= 4 is 0 Å². The van der Waals surface area contributed by atoms with E-state index in [1.54, 1.807) is 11.1 Å². The molecule has 0 aromatic rings. The minimum atomic E-state index is 0.280. The average molecular weight is 220 g/mol. The summed E-state index contributed by atoms with van der Waals surface area (Å²) >= 11 is 0. The van der Waals surface area contributed by atoms with Gasteiger partial charge in [0, 0.05) is 10.8 Å². The predicted octanol–water partition coefficient (Wildman–Crippen LogP) is 4.26. The summed E-state index contributed by atoms with van der Waals surface area (Å²) in [6.45, 7) is 4.55. The summed E-state index contributed by atoms with van der Waals surface area (Å²) in [5, 5.41) is 0. The van der Waals surface area contributed by atoms with Crippen molar-refractivity contribution in [3.63, 3.8) is 0 Å². The molecule has 0 bridgehead atoms. The molecule has 4 aliphatic carbocycles. The van der Waals surface area contributed by atoms with Crippen LogP contribution in [0.4, 0.5) is 0 Å². The number of hydrogen-bond donors (Lipinski definition) is 0. The monoisotopic (exact) mass is 220 g/mol. The van der Waals surface area contributed by atoms with Gasteiger partial charge in [0.1, 0.15) is 0 Å². The highest BCUT2D eigenvalue weighted by Gasteiger charge is 2.69. The van der Waals surface area contributed by atoms with Crippen LogP contribution in [0, 0.1) is 10.8 Å². The number of hydrogen-bond acceptors (Lipinski definition) is 0. The van der Waals surface area contributed by atoms with Gasteiger partial charge in [-0.15, -0.1) is 0 Å². The molecular formula is C17H16. The Labute approximate surface area is 102 Å². The van der Waals surface area contributed by atoms with Gasteiger partial charge in [0.25, 0.3) is 0 Å². The second-order valence-electron chi connectivity index (χ2n) is 5.63. The molecule has 0 aromatic carbocycles. The normalized spacial score (nSPS) is 40.4. The standard InChI is InChI=1S/C17H16/c1-12-13(2)15-8-4-6-10-17(15)11-16(17)9-5-3-7-14(12)16/h3-10H,11H2,1-2H3. The molecule has 17 heavy (non-hydrogen) atoms. The molecule has 1 fully saturated rings. The fourth-order valence-electron chi connectivity index (χ4n) is 4.03. The van der Waals surface area contributed by atoms with E-state index in [0.717, 1.165) is 0 Å². The molecule has 0 aliphatic heterocycles. The first-order chi connectivity index (χ1) is 8.21. The van der Waals surface area contributed by atoms with Crippen molar-refractivity contribution in [1.82, 2.24) is 0 Å². The van der Waals surface area contributed by atoms with Crippen molar-refractivity contribution in [2.75, 3.05) is 0 Å². The molecule has 84 valence electrons. The van der Waals surface area contributed by atoms with Gasteiger partial charge >= 0.3 is 0 Å². The summed E-state index contributed by atoms with van der Waals surface area (Å²) in [5.74, 6) is 0. The van der Waals surface area contributed by atoms with E-state index in [9.17, 15) is 0 Å². The lowest BCUT2D eigenvalue weighted by atomic mass is 9.69. The van der Waals surface area contributed by atoms with E-state index in [0.29, 0.717) is 0 Å². The summed E-state index contributed by atoms with van der Waals surface area (Å²) in [6.07, 6.45) is 19.5. The summed E-state index contributed by atoms with van der Waals surface area (Å²) < 4.78 is 0. The largest absolute Gasteiger partial charge is 0.0727 e. The Morgan fingerprint density at radius 3 is 1.71 bits per heavy atom. The Morgan fingerprint density at radius 2 is 1.24 bits per heavy atom. The lowest BCUT2D eigenvalue weighted by Crippen LogP contribution is -2.22. The van der Waals surface area contributed by atoms with E-state index < -0.39 is 0 Å². The van der Waals surface area contributed by atoms with Crippen LogP contribution in [-0.2, 0) is 0 Å². The molecule has 0 nitrogen and oxygen atoms in total. The summed E-state index contributed by atoms with van der Waals surface area (Å²) in [5.41, 5.74) is 6.61. The smallest absolute Gasteiger partial charge is 0.0282 e. The van der Waals surface area contributed by atoms with Gasteiger partial charge in [-0.3, -0.25) is 0 Å². The van der Waals surface area contributed by atoms with E-state index in [1.807, 2.05) is 0 Å². The van der Waals surface area contributed by atoms with Crippen LogP contribution >= 0.6 is 0 Å². The van der Waals surface area contributed by atoms with Crippen LogP contribution in [0.2, 0.25) is 0 Å². The zero-order valence-corrected chi connectivity index (χ0v) is 10.3. The van der Waals surface area contributed by atoms with Crippen molar-refractivity contribution in [2.45, 2.75) is 20.3 Å². The summed E-state index contributed by atoms with van der Waals surface area (Å²) in [7, 11) is 0. The highest BCUT2D eigenvalue weighted by atomic mass is 14.7. The first-order valence-corrected chi connectivity index (χ1v) is 6.36. The second kappa shape index (κ2) is 2.64. The van der Waals surface area contributed by atoms with E-state index >= 15 is 0 Å². The van der Waals surface area contributed by atoms with Gasteiger partial charge in [0.15, 0.2) is 0 Å². The Bertz CT molecular complexity index is 550. The molecule has 0 N–H and O–H groups in total. The molecule has 0 radical (unpaired) electrons. The molecule has 2 unspecified atom stereocenters. The van der Waals surface area contributed by atoms with E-state index in [-0.39, 0.29) is 10.8 Å². The van der Waals surface area contributed by atoms with E-state index in [4.69, 9.17) is 0 Å². The minimum Gasteiger partial charge on any atom is -0.0727 e. The molecule has 4 rings (SSSR count). The van der Waals surface area contributed by atoms with Gasteiger partial charge in [-0.25, -0.2) is 0 Å². The maximum absolute atomic E-state index is 2.42. The van der Waals surface area contributed by atoms with Gasteiger partial charge in [0.05, 0.1) is 0 Å². The zero-order valence-electron chi connectivity index (χ0n) is 10.3. The third-order valence-corrected chi connectivity index (χ3v) is 5.07. The molecular weight excluding hydrogens is 204 g/mol. The van der Waals surface area contributed by atoms with Gasteiger partial charge in [-0.05, 0) is 42.6 Å². The third kappa shape index (κ3) is 0.845. The lowest BCUT2D eigenvalue weighted by Gasteiger charge is -2.34. The van der Waals surface area contributed by atoms with Crippen LogP contribution in [0.3, 0.4) is 0 Å². The summed E-state index contributed by atoms with van der Waals surface area (Å²) in [4.78, 5) is 0. The van der Waals surface area contributed by atoms with Crippen LogP contribution in [0.5, 0.6) is 0 Å². The Hall–Kier alpha value is -1.56. The van der Waals surface area contributed by atoms with Crippen LogP contribution < -0.4 is 0 Å². The van der Waals surface area contributed by atoms with Crippen LogP contribution in [0.15, 0.2) is 70.9 Å². The fourth-order valence-corrected chi connectivity index (χ4v) is 4.03. The van der Waals surface area contributed by atoms with Crippen LogP contribution in [0.1, 0.15) is 20.3 Å². The van der Waals surface area contributed by atoms with Crippen LogP contribution in [-0.4, -0.2) is 0 Å². The minimum absolute atomic E-state index is 0.280. The second-order valence-corrected chi connectivity index (χ2v) is 5.63. The highest BCUT2D eigenvalue weighted by molar-refractivity contribution is 5.68. The first kappa shape index (κ1) is 9.47. The topological polar surface area (TPSA) is 0 Å². The molecule has 4 aliphatic rings. The lowest BCUT2D eigenvalue weighted by molar-refractivity contribution is 0.600. The predicted molar refractivity (Wildman–Crippen MR) is 71.4 cm³/mol. The molecule has 0 aromatic heterocycles. The highest BCUT2D eigenvalue weighted by Crippen LogP contribution is 2.77. The molecule has 0 heterocycles. The Kier molecular flexibility index (Phi) is 1.47. The molecule has 2 atom stereocenters. The zero-order chi connectivity index (χ0) is 11.7. The van der Waals surface area contributed by atoms with Crippen molar-refractivity contribution in [3.8, 4) is 0 Å². The van der Waals surface area contributed by atoms with Gasteiger partial charge in [0.2, 0.25) is 0 Å². The molecule has 0 heteroatoms. The molecule has 2 spiro atoms. The first-order valence-electron chi connectivity index (χ1n) is 6.36. The third-order valence-electron chi connectivity index (χ3n) is 5.07. The van der Waals surface area contributed by atoms with Crippen molar-refractivity contribution in [2.24, 2.45) is 10.8 Å². The van der Waals surface area contributed by atoms with Gasteiger partial charge < -0.3 is 0 Å². The SMILES string of the molecule is CC1=C2C=CC=CC23CC32C=CC=CC2=C1C. The summed E-state index contributed by atoms with van der Waals surface area (Å²) in [6, 6.07) is 0. The van der Waals surface area contributed by atoms with Crippen molar-refractivity contribution in [1.29, 1.82) is 0 Å². The Balaban J connectivity index is 2.07. The fraction of sp³-hybridized carbons (Fsp3) is 0.294. The molecule has 0 saturated heterocycles. The molecule has 0 amide bonds. The van der Waals surface area contributed by atoms with Gasteiger partial charge in [-0.1, -0.05) is 48.6 Å². The van der Waals surface area contributed by atoms with Crippen LogP contribution in [0.25, 0.3) is 0 Å². The maximum atomic E-state index is 2.42. The maximum Gasteiger partial charge on any atom is 0.0282 e. The number of allylic oxidation sites excluding steroid dienone is 12. The average Bonchev–Trinajstić information content (AvgIpc) is 2.97. The van der Waals surface area contributed by atoms with Crippen molar-refractivity contribution < 1.29 is 0 Å². The van der Waals surface area contributed by atoms with E-state index in [2.05, 4.69) is 62.5 Å². The van der Waals surface area contributed by atoms with E-state index in [1.165, 1.54) is 17.6 Å². The Morgan fingerprint density at radius 1 is 0.765 bits per heavy atom. The number of rotatable bonds is 0. The van der Waals surface area contributed by atoms with Crippen molar-refractivity contribution in [3.05, 3.63) is 70.9 Å².